The largest absolute Gasteiger partial charge is 0.383 e. The molecule has 0 saturated heterocycles. The summed E-state index contributed by atoms with van der Waals surface area (Å²) in [5, 5.41) is 5.17. The highest BCUT2D eigenvalue weighted by Crippen LogP contribution is 2.22. The number of hydrogen-bond donors (Lipinski definition) is 1. The Hall–Kier alpha value is -1.85. The molecule has 0 unspecified atom stereocenters. The predicted octanol–water partition coefficient (Wildman–Crippen LogP) is 1.06. The second-order valence-electron chi connectivity index (χ2n) is 4.23. The van der Waals surface area contributed by atoms with E-state index >= 15 is 0 Å². The normalized spacial score (nSPS) is 11.3. The van der Waals surface area contributed by atoms with Crippen molar-refractivity contribution in [2.24, 2.45) is 0 Å². The molecule has 2 heterocycles. The third-order valence-corrected chi connectivity index (χ3v) is 2.37. The van der Waals surface area contributed by atoms with Gasteiger partial charge in [-0.05, 0) is 13.8 Å². The van der Waals surface area contributed by atoms with Crippen molar-refractivity contribution in [3.8, 4) is 0 Å². The molecule has 0 fully saturated rings. The van der Waals surface area contributed by atoms with Gasteiger partial charge in [0.25, 0.3) is 0 Å². The van der Waals surface area contributed by atoms with Crippen LogP contribution in [0.3, 0.4) is 0 Å². The maximum absolute atomic E-state index is 5.97. The average Bonchev–Trinajstić information content (AvgIpc) is 2.55. The molecule has 86 valence electrons. The molecule has 0 aliphatic carbocycles. The molecular weight excluding hydrogens is 204 g/mol. The van der Waals surface area contributed by atoms with Crippen molar-refractivity contribution in [1.82, 2.24) is 19.7 Å². The van der Waals surface area contributed by atoms with Crippen LogP contribution in [-0.4, -0.2) is 33.8 Å². The molecule has 2 N–H and O–H groups in total. The second kappa shape index (κ2) is 3.62. The maximum atomic E-state index is 5.97. The first-order chi connectivity index (χ1) is 7.50. The molecule has 2 aromatic rings. The number of nitrogen functional groups attached to an aromatic ring is 1. The van der Waals surface area contributed by atoms with Crippen LogP contribution < -0.4 is 10.6 Å². The predicted molar refractivity (Wildman–Crippen MR) is 64.4 cm³/mol. The molecule has 6 nitrogen and oxygen atoms in total. The molecule has 0 saturated carbocycles. The topological polar surface area (TPSA) is 72.9 Å². The molecule has 0 amide bonds. The zero-order valence-corrected chi connectivity index (χ0v) is 9.97. The van der Waals surface area contributed by atoms with Crippen LogP contribution >= 0.6 is 0 Å². The first-order valence-corrected chi connectivity index (χ1v) is 5.18. The minimum absolute atomic E-state index is 0.219. The summed E-state index contributed by atoms with van der Waals surface area (Å²) in [4.78, 5) is 10.4. The molecule has 2 aromatic heterocycles. The molecule has 0 aliphatic heterocycles. The summed E-state index contributed by atoms with van der Waals surface area (Å²) in [6.07, 6.45) is 1.72. The summed E-state index contributed by atoms with van der Waals surface area (Å²) >= 11 is 0. The number of nitrogens with two attached hydrogens (primary N) is 1. The first-order valence-electron chi connectivity index (χ1n) is 5.18. The van der Waals surface area contributed by atoms with Gasteiger partial charge < -0.3 is 10.6 Å². The molecule has 0 bridgehead atoms. The minimum atomic E-state index is 0.219. The molecule has 0 spiro atoms. The van der Waals surface area contributed by atoms with Gasteiger partial charge in [0, 0.05) is 26.3 Å². The Balaban J connectivity index is 2.63. The van der Waals surface area contributed by atoms with E-state index in [-0.39, 0.29) is 6.04 Å². The van der Waals surface area contributed by atoms with E-state index in [4.69, 9.17) is 5.73 Å². The molecule has 16 heavy (non-hydrogen) atoms. The summed E-state index contributed by atoms with van der Waals surface area (Å²) in [6, 6.07) is 0.219. The van der Waals surface area contributed by atoms with E-state index in [1.165, 1.54) is 0 Å². The molecular formula is C10H16N6. The summed E-state index contributed by atoms with van der Waals surface area (Å²) < 4.78 is 1.76. The lowest BCUT2D eigenvalue weighted by molar-refractivity contribution is 0.544. The Bertz CT molecular complexity index is 513. The number of anilines is 2. The van der Waals surface area contributed by atoms with Crippen LogP contribution in [0.25, 0.3) is 11.0 Å². The van der Waals surface area contributed by atoms with Crippen LogP contribution in [0.1, 0.15) is 19.9 Å². The Kier molecular flexibility index (Phi) is 2.41. The molecule has 0 aromatic carbocycles. The Morgan fingerprint density at radius 2 is 2.06 bits per heavy atom. The van der Waals surface area contributed by atoms with Crippen LogP contribution in [0.15, 0.2) is 6.20 Å². The van der Waals surface area contributed by atoms with Gasteiger partial charge >= 0.3 is 0 Å². The van der Waals surface area contributed by atoms with Gasteiger partial charge in [-0.2, -0.15) is 4.98 Å². The van der Waals surface area contributed by atoms with E-state index in [0.717, 1.165) is 5.39 Å². The summed E-state index contributed by atoms with van der Waals surface area (Å²) in [5.41, 5.74) is 6.62. The monoisotopic (exact) mass is 220 g/mol. The minimum Gasteiger partial charge on any atom is -0.383 e. The van der Waals surface area contributed by atoms with Crippen molar-refractivity contribution in [2.75, 3.05) is 24.7 Å². The highest BCUT2D eigenvalue weighted by atomic mass is 15.4. The van der Waals surface area contributed by atoms with Crippen LogP contribution in [0.2, 0.25) is 0 Å². The van der Waals surface area contributed by atoms with Gasteiger partial charge in [0.05, 0.1) is 5.39 Å². The van der Waals surface area contributed by atoms with Gasteiger partial charge in [-0.15, -0.1) is 5.10 Å². The van der Waals surface area contributed by atoms with E-state index in [0.29, 0.717) is 17.4 Å². The third kappa shape index (κ3) is 1.56. The molecule has 0 aliphatic rings. The number of fused-ring (bicyclic) bond motifs is 1. The highest BCUT2D eigenvalue weighted by molar-refractivity contribution is 5.86. The van der Waals surface area contributed by atoms with E-state index in [1.54, 1.807) is 10.9 Å². The summed E-state index contributed by atoms with van der Waals surface area (Å²) in [5.74, 6) is 1.26. The Morgan fingerprint density at radius 3 is 2.62 bits per heavy atom. The highest BCUT2D eigenvalue weighted by Gasteiger charge is 2.13. The van der Waals surface area contributed by atoms with Gasteiger partial charge in [0.1, 0.15) is 5.82 Å². The van der Waals surface area contributed by atoms with E-state index in [9.17, 15) is 0 Å². The molecule has 0 atom stereocenters. The fourth-order valence-electron chi connectivity index (χ4n) is 1.51. The molecule has 0 radical (unpaired) electrons. The van der Waals surface area contributed by atoms with Crippen LogP contribution in [-0.2, 0) is 0 Å². The maximum Gasteiger partial charge on any atom is 0.226 e. The van der Waals surface area contributed by atoms with Crippen molar-refractivity contribution < 1.29 is 0 Å². The number of rotatable bonds is 2. The Labute approximate surface area is 94.1 Å². The number of aromatic nitrogens is 4. The summed E-state index contributed by atoms with van der Waals surface area (Å²) in [6.45, 7) is 4.06. The van der Waals surface area contributed by atoms with Gasteiger partial charge in [0.15, 0.2) is 5.65 Å². The van der Waals surface area contributed by atoms with Crippen molar-refractivity contribution in [3.63, 3.8) is 0 Å². The Morgan fingerprint density at radius 1 is 1.38 bits per heavy atom. The third-order valence-electron chi connectivity index (χ3n) is 2.37. The van der Waals surface area contributed by atoms with Crippen LogP contribution in [0.4, 0.5) is 11.8 Å². The SMILES string of the molecule is CC(C)n1nc2nc(N(C)C)ncc2c1N. The van der Waals surface area contributed by atoms with Gasteiger partial charge in [-0.1, -0.05) is 0 Å². The molecule has 6 heteroatoms. The fourth-order valence-corrected chi connectivity index (χ4v) is 1.51. The van der Waals surface area contributed by atoms with E-state index in [1.807, 2.05) is 32.8 Å². The first kappa shape index (κ1) is 10.7. The van der Waals surface area contributed by atoms with Crippen molar-refractivity contribution in [1.29, 1.82) is 0 Å². The lowest BCUT2D eigenvalue weighted by Crippen LogP contribution is -2.12. The van der Waals surface area contributed by atoms with Gasteiger partial charge in [-0.3, -0.25) is 0 Å². The second-order valence-corrected chi connectivity index (χ2v) is 4.23. The van der Waals surface area contributed by atoms with E-state index < -0.39 is 0 Å². The zero-order valence-electron chi connectivity index (χ0n) is 9.97. The lowest BCUT2D eigenvalue weighted by atomic mass is 10.3. The van der Waals surface area contributed by atoms with E-state index in [2.05, 4.69) is 15.1 Å². The van der Waals surface area contributed by atoms with Gasteiger partial charge in [-0.25, -0.2) is 9.67 Å². The standard InChI is InChI=1S/C10H16N6/c1-6(2)16-8(11)7-5-12-10(15(3)4)13-9(7)14-16/h5-6H,11H2,1-4H3. The smallest absolute Gasteiger partial charge is 0.226 e. The number of nitrogens with zero attached hydrogens (tertiary/aromatic N) is 5. The number of hydrogen-bond acceptors (Lipinski definition) is 5. The molecule has 2 rings (SSSR count). The fraction of sp³-hybridized carbons (Fsp3) is 0.500. The quantitative estimate of drug-likeness (QED) is 0.819. The van der Waals surface area contributed by atoms with Crippen molar-refractivity contribution >= 4 is 22.8 Å². The summed E-state index contributed by atoms with van der Waals surface area (Å²) in [7, 11) is 3.79. The van der Waals surface area contributed by atoms with Crippen LogP contribution in [0.5, 0.6) is 0 Å². The van der Waals surface area contributed by atoms with Crippen molar-refractivity contribution in [2.45, 2.75) is 19.9 Å². The lowest BCUT2D eigenvalue weighted by Gasteiger charge is -2.07. The average molecular weight is 220 g/mol. The zero-order chi connectivity index (χ0) is 11.9. The van der Waals surface area contributed by atoms with Crippen molar-refractivity contribution in [3.05, 3.63) is 6.20 Å². The van der Waals surface area contributed by atoms with Crippen LogP contribution in [0, 0.1) is 0 Å². The van der Waals surface area contributed by atoms with Gasteiger partial charge in [0.2, 0.25) is 5.95 Å².